The molecule has 166 valence electrons. The highest BCUT2D eigenvalue weighted by Crippen LogP contribution is 2.41. The van der Waals surface area contributed by atoms with Gasteiger partial charge in [0, 0.05) is 5.56 Å². The van der Waals surface area contributed by atoms with E-state index >= 15 is 0 Å². The lowest BCUT2D eigenvalue weighted by atomic mass is 9.81. The Balaban J connectivity index is 1.88. The third-order valence-electron chi connectivity index (χ3n) is 5.82. The summed E-state index contributed by atoms with van der Waals surface area (Å²) in [5.41, 5.74) is 1.53. The minimum atomic E-state index is -4.59. The SMILES string of the molecule is [2H]C([2H])(O/N=C(\C)c1ccc(C=O)c(CC)c1)c1ccc(C2CCCCC2)c(C(F)(F)F)c1. The summed E-state index contributed by atoms with van der Waals surface area (Å²) in [4.78, 5) is 16.2. The van der Waals surface area contributed by atoms with Crippen molar-refractivity contribution in [2.24, 2.45) is 5.16 Å². The van der Waals surface area contributed by atoms with Crippen molar-refractivity contribution in [3.05, 3.63) is 69.8 Å². The van der Waals surface area contributed by atoms with Gasteiger partial charge in [-0.25, -0.2) is 0 Å². The summed E-state index contributed by atoms with van der Waals surface area (Å²) in [6.07, 6.45) is 1.04. The molecule has 3 rings (SSSR count). The number of halogens is 3. The van der Waals surface area contributed by atoms with Crippen molar-refractivity contribution in [2.45, 2.75) is 71.0 Å². The topological polar surface area (TPSA) is 38.7 Å². The maximum atomic E-state index is 13.8. The fraction of sp³-hybridized carbons (Fsp3) is 0.440. The molecule has 0 aromatic heterocycles. The van der Waals surface area contributed by atoms with Gasteiger partial charge in [0.2, 0.25) is 0 Å². The predicted molar refractivity (Wildman–Crippen MR) is 115 cm³/mol. The van der Waals surface area contributed by atoms with Crippen LogP contribution in [0.25, 0.3) is 0 Å². The van der Waals surface area contributed by atoms with Gasteiger partial charge >= 0.3 is 6.18 Å². The average molecular weight is 434 g/mol. The fourth-order valence-electron chi connectivity index (χ4n) is 4.08. The number of carbonyl (C=O) groups excluding carboxylic acids is 1. The van der Waals surface area contributed by atoms with Crippen molar-refractivity contribution in [1.82, 2.24) is 0 Å². The predicted octanol–water partition coefficient (Wildman–Crippen LogP) is 7.07. The Bertz CT molecular complexity index is 1030. The number of aryl methyl sites for hydroxylation is 1. The second-order valence-corrected chi connectivity index (χ2v) is 7.89. The van der Waals surface area contributed by atoms with E-state index in [1.54, 1.807) is 25.1 Å². The first-order valence-corrected chi connectivity index (χ1v) is 10.6. The lowest BCUT2D eigenvalue weighted by molar-refractivity contribution is -0.138. The molecule has 0 saturated heterocycles. The van der Waals surface area contributed by atoms with Gasteiger partial charge < -0.3 is 4.84 Å². The molecule has 0 amide bonds. The number of aldehydes is 1. The molecule has 0 bridgehead atoms. The van der Waals surface area contributed by atoms with Crippen molar-refractivity contribution < 1.29 is 25.5 Å². The zero-order chi connectivity index (χ0) is 24.2. The first kappa shape index (κ1) is 20.3. The first-order chi connectivity index (χ1) is 15.6. The summed E-state index contributed by atoms with van der Waals surface area (Å²) in [7, 11) is 0. The molecule has 1 fully saturated rings. The van der Waals surface area contributed by atoms with Crippen LogP contribution < -0.4 is 0 Å². The molecular weight excluding hydrogens is 403 g/mol. The molecule has 2 aromatic rings. The highest BCUT2D eigenvalue weighted by atomic mass is 19.4. The highest BCUT2D eigenvalue weighted by molar-refractivity contribution is 5.99. The second-order valence-electron chi connectivity index (χ2n) is 7.89. The van der Waals surface area contributed by atoms with Crippen LogP contribution in [0.2, 0.25) is 0 Å². The minimum Gasteiger partial charge on any atom is -0.391 e. The van der Waals surface area contributed by atoms with Crippen LogP contribution >= 0.6 is 0 Å². The number of nitrogens with zero attached hydrogens (tertiary/aromatic N) is 1. The standard InChI is InChI=1S/C25H28F3NO2/c1-3-19-14-21(10-11-22(19)15-30)17(2)29-31-16-18-9-12-23(20-7-5-4-6-8-20)24(13-18)25(26,27)28/h9-15,20H,3-8,16H2,1-2H3/b29-17+/i16D2. The minimum absolute atomic E-state index is 0.168. The molecule has 1 aliphatic carbocycles. The molecule has 0 atom stereocenters. The summed E-state index contributed by atoms with van der Waals surface area (Å²) in [5, 5.41) is 3.85. The Kier molecular flexibility index (Phi) is 6.62. The molecule has 0 radical (unpaired) electrons. The van der Waals surface area contributed by atoms with Crippen LogP contribution in [-0.2, 0) is 24.0 Å². The molecule has 0 aliphatic heterocycles. The van der Waals surface area contributed by atoms with E-state index < -0.39 is 18.3 Å². The highest BCUT2D eigenvalue weighted by Gasteiger charge is 2.35. The van der Waals surface area contributed by atoms with E-state index in [1.165, 1.54) is 12.1 Å². The Morgan fingerprint density at radius 3 is 2.58 bits per heavy atom. The van der Waals surface area contributed by atoms with E-state index in [0.717, 1.165) is 37.2 Å². The zero-order valence-corrected chi connectivity index (χ0v) is 17.8. The molecule has 1 aliphatic rings. The third kappa shape index (κ3) is 5.75. The number of carbonyl (C=O) groups is 1. The maximum Gasteiger partial charge on any atom is 0.416 e. The maximum absolute atomic E-state index is 13.8. The van der Waals surface area contributed by atoms with E-state index in [2.05, 4.69) is 5.16 Å². The summed E-state index contributed by atoms with van der Waals surface area (Å²) in [6.45, 7) is 0.963. The van der Waals surface area contributed by atoms with Gasteiger partial charge in [-0.15, -0.1) is 0 Å². The van der Waals surface area contributed by atoms with Crippen LogP contribution in [0.1, 0.15) is 92.8 Å². The van der Waals surface area contributed by atoms with Crippen molar-refractivity contribution in [2.75, 3.05) is 0 Å². The van der Waals surface area contributed by atoms with Gasteiger partial charge in [0.15, 0.2) is 0 Å². The van der Waals surface area contributed by atoms with Gasteiger partial charge in [0.1, 0.15) is 12.8 Å². The molecule has 0 unspecified atom stereocenters. The third-order valence-corrected chi connectivity index (χ3v) is 5.82. The summed E-state index contributed by atoms with van der Waals surface area (Å²) in [5.74, 6) is -0.168. The average Bonchev–Trinajstić information content (AvgIpc) is 2.81. The van der Waals surface area contributed by atoms with Crippen molar-refractivity contribution >= 4 is 12.0 Å². The summed E-state index contributed by atoms with van der Waals surface area (Å²) in [6, 6.07) is 8.68. The fourth-order valence-corrected chi connectivity index (χ4v) is 4.08. The number of hydrogen-bond donors (Lipinski definition) is 0. The van der Waals surface area contributed by atoms with Crippen LogP contribution in [0, 0.1) is 0 Å². The summed E-state index contributed by atoms with van der Waals surface area (Å²) >= 11 is 0. The number of alkyl halides is 3. The molecule has 3 nitrogen and oxygen atoms in total. The Hall–Kier alpha value is -2.63. The smallest absolute Gasteiger partial charge is 0.391 e. The number of benzene rings is 2. The van der Waals surface area contributed by atoms with Crippen LogP contribution in [0.5, 0.6) is 0 Å². The van der Waals surface area contributed by atoms with Crippen LogP contribution in [-0.4, -0.2) is 12.0 Å². The lowest BCUT2D eigenvalue weighted by Crippen LogP contribution is -2.15. The van der Waals surface area contributed by atoms with Crippen molar-refractivity contribution in [3.63, 3.8) is 0 Å². The quantitative estimate of drug-likeness (QED) is 0.266. The second kappa shape index (κ2) is 10.1. The normalized spacial score (nSPS) is 17.1. The molecule has 1 saturated carbocycles. The number of oxime groups is 1. The van der Waals surface area contributed by atoms with E-state index in [9.17, 15) is 18.0 Å². The molecule has 0 spiro atoms. The van der Waals surface area contributed by atoms with Gasteiger partial charge in [-0.3, -0.25) is 4.79 Å². The van der Waals surface area contributed by atoms with Crippen LogP contribution in [0.3, 0.4) is 0 Å². The van der Waals surface area contributed by atoms with E-state index in [-0.39, 0.29) is 17.0 Å². The molecule has 0 N–H and O–H groups in total. The van der Waals surface area contributed by atoms with Crippen LogP contribution in [0.15, 0.2) is 41.6 Å². The van der Waals surface area contributed by atoms with Gasteiger partial charge in [-0.2, -0.15) is 13.2 Å². The largest absolute Gasteiger partial charge is 0.416 e. The van der Waals surface area contributed by atoms with Gasteiger partial charge in [-0.05, 0) is 66.5 Å². The Morgan fingerprint density at radius 2 is 1.94 bits per heavy atom. The molecule has 31 heavy (non-hydrogen) atoms. The molecule has 6 heteroatoms. The van der Waals surface area contributed by atoms with E-state index in [1.807, 2.05) is 6.92 Å². The molecule has 0 heterocycles. The van der Waals surface area contributed by atoms with Gasteiger partial charge in [-0.1, -0.05) is 55.6 Å². The molecular formula is C25H28F3NO2. The molecule has 2 aromatic carbocycles. The van der Waals surface area contributed by atoms with Crippen molar-refractivity contribution in [3.8, 4) is 0 Å². The Labute approximate surface area is 184 Å². The number of hydrogen-bond acceptors (Lipinski definition) is 3. The summed E-state index contributed by atoms with van der Waals surface area (Å²) < 4.78 is 57.9. The first-order valence-electron chi connectivity index (χ1n) is 11.6. The van der Waals surface area contributed by atoms with Crippen molar-refractivity contribution in [1.29, 1.82) is 0 Å². The lowest BCUT2D eigenvalue weighted by Gasteiger charge is -2.25. The van der Waals surface area contributed by atoms with E-state index in [0.29, 0.717) is 36.1 Å². The van der Waals surface area contributed by atoms with E-state index in [4.69, 9.17) is 7.58 Å². The number of rotatable bonds is 7. The van der Waals surface area contributed by atoms with Gasteiger partial charge in [0.05, 0.1) is 14.0 Å². The zero-order valence-electron chi connectivity index (χ0n) is 19.8. The monoisotopic (exact) mass is 433 g/mol. The Morgan fingerprint density at radius 1 is 1.19 bits per heavy atom. The van der Waals surface area contributed by atoms with Crippen LogP contribution in [0.4, 0.5) is 13.2 Å². The van der Waals surface area contributed by atoms with Gasteiger partial charge in [0.25, 0.3) is 0 Å².